The minimum Gasteiger partial charge on any atom is -0.493 e. The zero-order valence-electron chi connectivity index (χ0n) is 7.03. The van der Waals surface area contributed by atoms with Crippen LogP contribution in [0.3, 0.4) is 0 Å². The molecule has 4 heteroatoms. The molecule has 1 aliphatic heterocycles. The van der Waals surface area contributed by atoms with Crippen LogP contribution in [-0.4, -0.2) is 15.0 Å². The third-order valence-electron chi connectivity index (χ3n) is 2.10. The molecule has 1 heterocycles. The summed E-state index contributed by atoms with van der Waals surface area (Å²) in [5, 5.41) is 0. The number of benzene rings is 1. The molecule has 0 N–H and O–H groups in total. The van der Waals surface area contributed by atoms with Gasteiger partial charge in [0.2, 0.25) is 0 Å². The Kier molecular flexibility index (Phi) is 2.22. The van der Waals surface area contributed by atoms with Gasteiger partial charge in [0.05, 0.1) is 11.5 Å². The Morgan fingerprint density at radius 1 is 1.31 bits per heavy atom. The highest BCUT2D eigenvalue weighted by molar-refractivity contribution is 7.72. The Balaban J connectivity index is 2.46. The largest absolute Gasteiger partial charge is 0.493 e. The van der Waals surface area contributed by atoms with Crippen molar-refractivity contribution < 1.29 is 13.2 Å². The van der Waals surface area contributed by atoms with Gasteiger partial charge in [-0.25, -0.2) is 8.42 Å². The molecule has 3 nitrogen and oxygen atoms in total. The molecule has 70 valence electrons. The lowest BCUT2D eigenvalue weighted by Gasteiger charge is -2.16. The Bertz CT molecular complexity index is 388. The van der Waals surface area contributed by atoms with Crippen molar-refractivity contribution in [3.05, 3.63) is 23.8 Å². The second-order valence-corrected chi connectivity index (χ2v) is 4.03. The van der Waals surface area contributed by atoms with Crippen LogP contribution in [-0.2, 0) is 17.1 Å². The smallest absolute Gasteiger partial charge is 0.168 e. The lowest BCUT2D eigenvalue weighted by atomic mass is 10.1. The molecular formula is C9H10O3S. The maximum absolute atomic E-state index is 10.7. The molecule has 0 aliphatic carbocycles. The first-order chi connectivity index (χ1) is 6.27. The van der Waals surface area contributed by atoms with Crippen LogP contribution in [0, 0.1) is 0 Å². The molecule has 1 aliphatic rings. The van der Waals surface area contributed by atoms with E-state index in [1.165, 1.54) is 0 Å². The van der Waals surface area contributed by atoms with Crippen LogP contribution in [0.4, 0.5) is 0 Å². The van der Waals surface area contributed by atoms with Crippen LogP contribution in [0.2, 0.25) is 0 Å². The van der Waals surface area contributed by atoms with Crippen LogP contribution in [0.15, 0.2) is 23.1 Å². The SMILES string of the molecule is O=[SH](=O)c1ccc2c(c1)CCCO2. The van der Waals surface area contributed by atoms with Gasteiger partial charge in [0.15, 0.2) is 10.7 Å². The first kappa shape index (κ1) is 8.56. The fourth-order valence-electron chi connectivity index (χ4n) is 1.46. The van der Waals surface area contributed by atoms with Crippen LogP contribution in [0.5, 0.6) is 5.75 Å². The lowest BCUT2D eigenvalue weighted by Crippen LogP contribution is -2.08. The van der Waals surface area contributed by atoms with Crippen molar-refractivity contribution in [2.24, 2.45) is 0 Å². The predicted molar refractivity (Wildman–Crippen MR) is 48.8 cm³/mol. The average Bonchev–Trinajstić information content (AvgIpc) is 2.17. The summed E-state index contributed by atoms with van der Waals surface area (Å²) in [6, 6.07) is 5.00. The van der Waals surface area contributed by atoms with Gasteiger partial charge in [-0.15, -0.1) is 0 Å². The first-order valence-corrected chi connectivity index (χ1v) is 5.35. The van der Waals surface area contributed by atoms with Gasteiger partial charge in [-0.2, -0.15) is 0 Å². The molecular weight excluding hydrogens is 188 g/mol. The average molecular weight is 198 g/mol. The molecule has 0 atom stereocenters. The summed E-state index contributed by atoms with van der Waals surface area (Å²) >= 11 is 0. The maximum atomic E-state index is 10.7. The molecule has 0 unspecified atom stereocenters. The molecule has 13 heavy (non-hydrogen) atoms. The molecule has 0 fully saturated rings. The fourth-order valence-corrected chi connectivity index (χ4v) is 1.92. The third-order valence-corrected chi connectivity index (χ3v) is 2.80. The Hall–Kier alpha value is -1.03. The summed E-state index contributed by atoms with van der Waals surface area (Å²) in [6.07, 6.45) is 1.87. The highest BCUT2D eigenvalue weighted by Crippen LogP contribution is 2.25. The van der Waals surface area contributed by atoms with Crippen molar-refractivity contribution >= 4 is 10.7 Å². The zero-order chi connectivity index (χ0) is 9.26. The van der Waals surface area contributed by atoms with Gasteiger partial charge in [0.1, 0.15) is 5.75 Å². The number of hydrogen-bond donors (Lipinski definition) is 1. The van der Waals surface area contributed by atoms with E-state index < -0.39 is 10.7 Å². The number of fused-ring (bicyclic) bond motifs is 1. The summed E-state index contributed by atoms with van der Waals surface area (Å²) in [4.78, 5) is 0.374. The summed E-state index contributed by atoms with van der Waals surface area (Å²) < 4.78 is 26.7. The summed E-state index contributed by atoms with van der Waals surface area (Å²) in [7, 11) is -2.47. The highest BCUT2D eigenvalue weighted by Gasteiger charge is 2.10. The number of thiol groups is 1. The van der Waals surface area contributed by atoms with Gasteiger partial charge in [-0.05, 0) is 36.6 Å². The fraction of sp³-hybridized carbons (Fsp3) is 0.333. The Morgan fingerprint density at radius 2 is 2.15 bits per heavy atom. The maximum Gasteiger partial charge on any atom is 0.168 e. The van der Waals surface area contributed by atoms with E-state index in [0.29, 0.717) is 4.90 Å². The minimum absolute atomic E-state index is 0.374. The van der Waals surface area contributed by atoms with Crippen molar-refractivity contribution in [2.45, 2.75) is 17.7 Å². The number of rotatable bonds is 1. The quantitative estimate of drug-likeness (QED) is 0.684. The van der Waals surface area contributed by atoms with Gasteiger partial charge in [-0.3, -0.25) is 0 Å². The Morgan fingerprint density at radius 3 is 2.92 bits per heavy atom. The molecule has 1 aromatic rings. The zero-order valence-corrected chi connectivity index (χ0v) is 7.92. The predicted octanol–water partition coefficient (Wildman–Crippen LogP) is 0.982. The monoisotopic (exact) mass is 198 g/mol. The van der Waals surface area contributed by atoms with Crippen LogP contribution in [0.25, 0.3) is 0 Å². The molecule has 0 radical (unpaired) electrons. The molecule has 1 aromatic carbocycles. The Labute approximate surface area is 78.3 Å². The second-order valence-electron chi connectivity index (χ2n) is 3.00. The van der Waals surface area contributed by atoms with Gasteiger partial charge in [0, 0.05) is 0 Å². The molecule has 0 saturated carbocycles. The number of ether oxygens (including phenoxy) is 1. The van der Waals surface area contributed by atoms with E-state index in [2.05, 4.69) is 0 Å². The summed E-state index contributed by atoms with van der Waals surface area (Å²) in [5.74, 6) is 0.826. The summed E-state index contributed by atoms with van der Waals surface area (Å²) in [5.41, 5.74) is 1.00. The van der Waals surface area contributed by atoms with Gasteiger partial charge >= 0.3 is 0 Å². The van der Waals surface area contributed by atoms with Gasteiger partial charge < -0.3 is 4.74 Å². The topological polar surface area (TPSA) is 43.4 Å². The molecule has 0 saturated heterocycles. The first-order valence-electron chi connectivity index (χ1n) is 4.17. The standard InChI is InChI=1S/C9H10O3S/c10-13(11)8-3-4-9-7(6-8)2-1-5-12-9/h3-4,6,13H,1-2,5H2. The third kappa shape index (κ3) is 1.67. The van der Waals surface area contributed by atoms with Gasteiger partial charge in [0.25, 0.3) is 0 Å². The second kappa shape index (κ2) is 3.38. The van der Waals surface area contributed by atoms with E-state index >= 15 is 0 Å². The number of hydrogen-bond acceptors (Lipinski definition) is 3. The van der Waals surface area contributed by atoms with E-state index in [0.717, 1.165) is 30.8 Å². The van der Waals surface area contributed by atoms with Crippen molar-refractivity contribution in [2.75, 3.05) is 6.61 Å². The highest BCUT2D eigenvalue weighted by atomic mass is 32.2. The van der Waals surface area contributed by atoms with E-state index in [4.69, 9.17) is 4.74 Å². The van der Waals surface area contributed by atoms with E-state index in [1.54, 1.807) is 18.2 Å². The van der Waals surface area contributed by atoms with Gasteiger partial charge in [-0.1, -0.05) is 0 Å². The van der Waals surface area contributed by atoms with Crippen molar-refractivity contribution in [3.8, 4) is 5.75 Å². The van der Waals surface area contributed by atoms with Crippen LogP contribution < -0.4 is 4.74 Å². The minimum atomic E-state index is -2.47. The van der Waals surface area contributed by atoms with Crippen molar-refractivity contribution in [3.63, 3.8) is 0 Å². The van der Waals surface area contributed by atoms with Crippen molar-refractivity contribution in [1.29, 1.82) is 0 Å². The lowest BCUT2D eigenvalue weighted by molar-refractivity contribution is 0.288. The van der Waals surface area contributed by atoms with E-state index in [9.17, 15) is 8.42 Å². The molecule has 2 rings (SSSR count). The number of aryl methyl sites for hydroxylation is 1. The summed E-state index contributed by atoms with van der Waals surface area (Å²) in [6.45, 7) is 0.732. The molecule has 0 aromatic heterocycles. The van der Waals surface area contributed by atoms with Crippen LogP contribution in [0.1, 0.15) is 12.0 Å². The van der Waals surface area contributed by atoms with E-state index in [-0.39, 0.29) is 0 Å². The van der Waals surface area contributed by atoms with E-state index in [1.807, 2.05) is 0 Å². The molecule has 0 amide bonds. The normalized spacial score (nSPS) is 15.2. The van der Waals surface area contributed by atoms with Crippen LogP contribution >= 0.6 is 0 Å². The molecule has 0 bridgehead atoms. The molecule has 0 spiro atoms. The van der Waals surface area contributed by atoms with Crippen molar-refractivity contribution in [1.82, 2.24) is 0 Å².